The Kier molecular flexibility index (Phi) is 4.21. The molecule has 6 heteroatoms. The van der Waals surface area contributed by atoms with E-state index >= 15 is 0 Å². The van der Waals surface area contributed by atoms with Crippen molar-refractivity contribution in [2.24, 2.45) is 5.92 Å². The van der Waals surface area contributed by atoms with Crippen LogP contribution in [0.1, 0.15) is 38.5 Å². The number of hydrogen-bond donors (Lipinski definition) is 2. The lowest BCUT2D eigenvalue weighted by Crippen LogP contribution is -2.50. The number of carbonyl (C=O) groups is 2. The van der Waals surface area contributed by atoms with E-state index in [1.807, 2.05) is 0 Å². The lowest BCUT2D eigenvalue weighted by molar-refractivity contribution is -0.149. The molecule has 5 nitrogen and oxygen atoms in total. The van der Waals surface area contributed by atoms with Gasteiger partial charge in [-0.25, -0.2) is 4.79 Å². The fourth-order valence-electron chi connectivity index (χ4n) is 3.23. The van der Waals surface area contributed by atoms with E-state index in [0.717, 1.165) is 25.7 Å². The zero-order valence-electron chi connectivity index (χ0n) is 11.6. The van der Waals surface area contributed by atoms with Crippen LogP contribution in [-0.2, 0) is 9.59 Å². The highest BCUT2D eigenvalue weighted by Gasteiger charge is 2.47. The molecule has 1 aliphatic heterocycles. The molecule has 2 saturated carbocycles. The molecule has 112 valence electrons. The van der Waals surface area contributed by atoms with Crippen LogP contribution in [0.3, 0.4) is 0 Å². The van der Waals surface area contributed by atoms with Crippen LogP contribution >= 0.6 is 11.8 Å². The number of hydrogen-bond acceptors (Lipinski definition) is 4. The lowest BCUT2D eigenvalue weighted by atomic mass is 10.2. The van der Waals surface area contributed by atoms with Crippen LogP contribution in [0.2, 0.25) is 0 Å². The number of carboxylic acids is 1. The Bertz CT molecular complexity index is 394. The Labute approximate surface area is 123 Å². The Morgan fingerprint density at radius 3 is 2.50 bits per heavy atom. The molecular formula is C14H22N2O3S. The third kappa shape index (κ3) is 2.96. The Morgan fingerprint density at radius 2 is 1.90 bits per heavy atom. The molecule has 1 heterocycles. The smallest absolute Gasteiger partial charge is 0.327 e. The molecule has 3 rings (SSSR count). The summed E-state index contributed by atoms with van der Waals surface area (Å²) in [4.78, 5) is 25.4. The number of aliphatic carboxylic acids is 1. The number of amides is 1. The topological polar surface area (TPSA) is 69.6 Å². The van der Waals surface area contributed by atoms with Crippen molar-refractivity contribution in [3.8, 4) is 0 Å². The molecule has 0 aromatic heterocycles. The van der Waals surface area contributed by atoms with Gasteiger partial charge in [0.25, 0.3) is 0 Å². The quantitative estimate of drug-likeness (QED) is 0.800. The maximum Gasteiger partial charge on any atom is 0.327 e. The first-order chi connectivity index (χ1) is 9.66. The predicted molar refractivity (Wildman–Crippen MR) is 77.5 cm³/mol. The van der Waals surface area contributed by atoms with Gasteiger partial charge in [0.2, 0.25) is 5.91 Å². The number of rotatable bonds is 5. The van der Waals surface area contributed by atoms with E-state index in [-0.39, 0.29) is 17.8 Å². The van der Waals surface area contributed by atoms with Crippen molar-refractivity contribution in [1.29, 1.82) is 0 Å². The molecule has 0 spiro atoms. The standard InChI is InChI=1S/C14H22N2O3S/c17-12(7-15-10-3-1-2-4-10)16-11(14(18)19)8-20-13(16)9-5-6-9/h9-11,13,15H,1-8H2,(H,18,19). The van der Waals surface area contributed by atoms with E-state index in [2.05, 4.69) is 5.32 Å². The Morgan fingerprint density at radius 1 is 1.20 bits per heavy atom. The highest BCUT2D eigenvalue weighted by atomic mass is 32.2. The second kappa shape index (κ2) is 5.93. The van der Waals surface area contributed by atoms with Crippen LogP contribution in [0.5, 0.6) is 0 Å². The van der Waals surface area contributed by atoms with Crippen molar-refractivity contribution in [3.05, 3.63) is 0 Å². The summed E-state index contributed by atoms with van der Waals surface area (Å²) in [5.74, 6) is 0.145. The molecule has 0 aromatic carbocycles. The van der Waals surface area contributed by atoms with E-state index in [4.69, 9.17) is 0 Å². The number of nitrogens with one attached hydrogen (secondary N) is 1. The average Bonchev–Trinajstić information content (AvgIpc) is 2.97. The minimum absolute atomic E-state index is 0.0359. The van der Waals surface area contributed by atoms with Gasteiger partial charge in [-0.3, -0.25) is 4.79 Å². The summed E-state index contributed by atoms with van der Waals surface area (Å²) in [5, 5.41) is 12.7. The molecule has 2 aliphatic carbocycles. The van der Waals surface area contributed by atoms with E-state index in [1.165, 1.54) is 12.8 Å². The molecule has 0 bridgehead atoms. The number of nitrogens with zero attached hydrogens (tertiary/aromatic N) is 1. The van der Waals surface area contributed by atoms with Gasteiger partial charge in [-0.05, 0) is 31.6 Å². The van der Waals surface area contributed by atoms with E-state index in [0.29, 0.717) is 17.7 Å². The normalized spacial score (nSPS) is 30.9. The first-order valence-electron chi connectivity index (χ1n) is 7.56. The highest BCUT2D eigenvalue weighted by Crippen LogP contribution is 2.45. The van der Waals surface area contributed by atoms with Gasteiger partial charge in [-0.15, -0.1) is 11.8 Å². The highest BCUT2D eigenvalue weighted by molar-refractivity contribution is 8.00. The van der Waals surface area contributed by atoms with Gasteiger partial charge < -0.3 is 15.3 Å². The minimum Gasteiger partial charge on any atom is -0.480 e. The minimum atomic E-state index is -0.866. The van der Waals surface area contributed by atoms with Gasteiger partial charge in [-0.1, -0.05) is 12.8 Å². The molecule has 1 amide bonds. The Hall–Kier alpha value is -0.750. The van der Waals surface area contributed by atoms with Crippen LogP contribution in [0.4, 0.5) is 0 Å². The van der Waals surface area contributed by atoms with Crippen molar-refractivity contribution >= 4 is 23.6 Å². The maximum absolute atomic E-state index is 12.4. The van der Waals surface area contributed by atoms with E-state index < -0.39 is 12.0 Å². The number of carboxylic acid groups (broad SMARTS) is 1. The molecule has 2 N–H and O–H groups in total. The number of carbonyl (C=O) groups excluding carboxylic acids is 1. The fourth-order valence-corrected chi connectivity index (χ4v) is 4.88. The molecule has 1 saturated heterocycles. The van der Waals surface area contributed by atoms with Gasteiger partial charge in [0, 0.05) is 11.8 Å². The Balaban J connectivity index is 1.60. The van der Waals surface area contributed by atoms with Gasteiger partial charge in [0.1, 0.15) is 6.04 Å². The first kappa shape index (κ1) is 14.2. The van der Waals surface area contributed by atoms with Gasteiger partial charge in [0.05, 0.1) is 11.9 Å². The maximum atomic E-state index is 12.4. The third-order valence-electron chi connectivity index (χ3n) is 4.53. The molecule has 3 fully saturated rings. The van der Waals surface area contributed by atoms with Crippen LogP contribution in [0, 0.1) is 5.92 Å². The predicted octanol–water partition coefficient (Wildman–Crippen LogP) is 1.28. The largest absolute Gasteiger partial charge is 0.480 e. The lowest BCUT2D eigenvalue weighted by Gasteiger charge is -2.28. The summed E-state index contributed by atoms with van der Waals surface area (Å²) in [7, 11) is 0. The molecule has 3 aliphatic rings. The monoisotopic (exact) mass is 298 g/mol. The average molecular weight is 298 g/mol. The summed E-state index contributed by atoms with van der Waals surface area (Å²) in [6.07, 6.45) is 6.99. The number of thioether (sulfide) groups is 1. The summed E-state index contributed by atoms with van der Waals surface area (Å²) in [5.41, 5.74) is 0. The zero-order valence-corrected chi connectivity index (χ0v) is 12.4. The second-order valence-corrected chi connectivity index (χ2v) is 7.23. The van der Waals surface area contributed by atoms with Crippen LogP contribution in [0.25, 0.3) is 0 Å². The van der Waals surface area contributed by atoms with Crippen LogP contribution in [0.15, 0.2) is 0 Å². The van der Waals surface area contributed by atoms with Crippen LogP contribution in [-0.4, -0.2) is 51.6 Å². The molecule has 0 aromatic rings. The summed E-state index contributed by atoms with van der Waals surface area (Å²) >= 11 is 1.64. The van der Waals surface area contributed by atoms with Crippen molar-refractivity contribution in [2.45, 2.75) is 56.0 Å². The van der Waals surface area contributed by atoms with Gasteiger partial charge >= 0.3 is 5.97 Å². The summed E-state index contributed by atoms with van der Waals surface area (Å²) < 4.78 is 0. The van der Waals surface area contributed by atoms with Crippen molar-refractivity contribution in [3.63, 3.8) is 0 Å². The van der Waals surface area contributed by atoms with E-state index in [9.17, 15) is 14.7 Å². The SMILES string of the molecule is O=C(O)C1CSC(C2CC2)N1C(=O)CNC1CCCC1. The third-order valence-corrected chi connectivity index (χ3v) is 5.99. The molecule has 0 radical (unpaired) electrons. The van der Waals surface area contributed by atoms with Crippen LogP contribution < -0.4 is 5.32 Å². The zero-order chi connectivity index (χ0) is 14.1. The summed E-state index contributed by atoms with van der Waals surface area (Å²) in [6.45, 7) is 0.290. The van der Waals surface area contributed by atoms with Crippen molar-refractivity contribution in [2.75, 3.05) is 12.3 Å². The fraction of sp³-hybridized carbons (Fsp3) is 0.857. The second-order valence-electron chi connectivity index (χ2n) is 6.08. The molecule has 2 atom stereocenters. The van der Waals surface area contributed by atoms with Crippen molar-refractivity contribution < 1.29 is 14.7 Å². The first-order valence-corrected chi connectivity index (χ1v) is 8.60. The van der Waals surface area contributed by atoms with Gasteiger partial charge in [-0.2, -0.15) is 0 Å². The summed E-state index contributed by atoms with van der Waals surface area (Å²) in [6, 6.07) is -0.194. The van der Waals surface area contributed by atoms with Crippen molar-refractivity contribution in [1.82, 2.24) is 10.2 Å². The van der Waals surface area contributed by atoms with E-state index in [1.54, 1.807) is 16.7 Å². The van der Waals surface area contributed by atoms with Gasteiger partial charge in [0.15, 0.2) is 0 Å². The molecular weight excluding hydrogens is 276 g/mol. The molecule has 2 unspecified atom stereocenters. The molecule has 20 heavy (non-hydrogen) atoms.